The van der Waals surface area contributed by atoms with Crippen LogP contribution < -0.4 is 4.74 Å². The van der Waals surface area contributed by atoms with E-state index in [1.54, 1.807) is 45.0 Å². The third-order valence-corrected chi connectivity index (χ3v) is 4.43. The van der Waals surface area contributed by atoms with Gasteiger partial charge in [-0.1, -0.05) is 12.1 Å². The Morgan fingerprint density at radius 3 is 2.33 bits per heavy atom. The van der Waals surface area contributed by atoms with Crippen molar-refractivity contribution in [2.75, 3.05) is 6.61 Å². The Balaban J connectivity index is 2.26. The second-order valence-electron chi connectivity index (χ2n) is 6.77. The van der Waals surface area contributed by atoms with Crippen molar-refractivity contribution in [1.82, 2.24) is 4.31 Å². The van der Waals surface area contributed by atoms with E-state index in [1.807, 2.05) is 13.8 Å². The summed E-state index contributed by atoms with van der Waals surface area (Å²) in [6.45, 7) is 8.68. The Hall–Kier alpha value is -1.80. The van der Waals surface area contributed by atoms with Gasteiger partial charge in [-0.25, -0.2) is 4.79 Å². The van der Waals surface area contributed by atoms with Gasteiger partial charge in [0.15, 0.2) is 0 Å². The molecular formula is C16H23NO6S. The van der Waals surface area contributed by atoms with Crippen molar-refractivity contribution in [2.24, 2.45) is 0 Å². The second-order valence-corrected chi connectivity index (χ2v) is 8.25. The van der Waals surface area contributed by atoms with Gasteiger partial charge in [0.2, 0.25) is 0 Å². The van der Waals surface area contributed by atoms with Crippen LogP contribution in [0.5, 0.6) is 5.75 Å². The summed E-state index contributed by atoms with van der Waals surface area (Å²) < 4.78 is 40.3. The Kier molecular flexibility index (Phi) is 5.10. The fraction of sp³-hybridized carbons (Fsp3) is 0.562. The Bertz CT molecular complexity index is 690. The first-order valence-corrected chi connectivity index (χ1v) is 9.04. The molecule has 0 N–H and O–H groups in total. The molecule has 134 valence electrons. The number of carbonyl (C=O) groups excluding carboxylic acids is 1. The van der Waals surface area contributed by atoms with Gasteiger partial charge in [0.25, 0.3) is 0 Å². The van der Waals surface area contributed by atoms with E-state index < -0.39 is 28.0 Å². The van der Waals surface area contributed by atoms with Crippen molar-refractivity contribution in [1.29, 1.82) is 0 Å². The molecule has 0 unspecified atom stereocenters. The number of carbonyl (C=O) groups is 1. The standard InChI is InChI=1S/C16H23NO6S/c1-11(2)22-13-8-6-12(7-9-13)14-10-21-24(19,20)17(14)15(18)23-16(3,4)5/h6-9,11,14H,10H2,1-5H3/t14-/m1/s1. The van der Waals surface area contributed by atoms with Crippen molar-refractivity contribution >= 4 is 16.4 Å². The van der Waals surface area contributed by atoms with Crippen LogP contribution in [0.15, 0.2) is 24.3 Å². The van der Waals surface area contributed by atoms with E-state index in [0.29, 0.717) is 15.6 Å². The minimum Gasteiger partial charge on any atom is -0.491 e. The van der Waals surface area contributed by atoms with E-state index in [2.05, 4.69) is 0 Å². The van der Waals surface area contributed by atoms with Crippen LogP contribution in [0, 0.1) is 0 Å². The van der Waals surface area contributed by atoms with Crippen LogP contribution in [-0.2, 0) is 19.2 Å². The third kappa shape index (κ3) is 4.39. The van der Waals surface area contributed by atoms with Gasteiger partial charge in [0, 0.05) is 0 Å². The number of amides is 1. The molecule has 1 atom stereocenters. The molecule has 7 nitrogen and oxygen atoms in total. The van der Waals surface area contributed by atoms with Crippen molar-refractivity contribution in [2.45, 2.75) is 52.4 Å². The summed E-state index contributed by atoms with van der Waals surface area (Å²) in [6, 6.07) is 6.12. The molecule has 8 heteroatoms. The van der Waals surface area contributed by atoms with Gasteiger partial charge in [-0.2, -0.15) is 12.7 Å². The Labute approximate surface area is 142 Å². The monoisotopic (exact) mass is 357 g/mol. The number of hydrogen-bond acceptors (Lipinski definition) is 6. The van der Waals surface area contributed by atoms with Gasteiger partial charge >= 0.3 is 16.4 Å². The fourth-order valence-corrected chi connectivity index (χ4v) is 3.36. The highest BCUT2D eigenvalue weighted by atomic mass is 32.2. The van der Waals surface area contributed by atoms with Gasteiger partial charge in [-0.15, -0.1) is 0 Å². The topological polar surface area (TPSA) is 82.1 Å². The highest BCUT2D eigenvalue weighted by Crippen LogP contribution is 2.33. The van der Waals surface area contributed by atoms with Crippen molar-refractivity contribution in [3.8, 4) is 5.75 Å². The van der Waals surface area contributed by atoms with E-state index in [0.717, 1.165) is 0 Å². The molecule has 0 bridgehead atoms. The highest BCUT2D eigenvalue weighted by Gasteiger charge is 2.45. The van der Waals surface area contributed by atoms with Crippen LogP contribution in [0.25, 0.3) is 0 Å². The zero-order chi connectivity index (χ0) is 18.1. The molecule has 1 heterocycles. The predicted molar refractivity (Wildman–Crippen MR) is 87.9 cm³/mol. The molecule has 0 aromatic heterocycles. The molecule has 1 aliphatic heterocycles. The summed E-state index contributed by atoms with van der Waals surface area (Å²) in [7, 11) is -4.16. The molecule has 2 rings (SSSR count). The number of ether oxygens (including phenoxy) is 2. The van der Waals surface area contributed by atoms with Crippen LogP contribution in [0.1, 0.15) is 46.2 Å². The molecule has 24 heavy (non-hydrogen) atoms. The maximum Gasteiger partial charge on any atom is 0.426 e. The Morgan fingerprint density at radius 1 is 1.25 bits per heavy atom. The normalized spacial score (nSPS) is 20.2. The average molecular weight is 357 g/mol. The summed E-state index contributed by atoms with van der Waals surface area (Å²) in [6.07, 6.45) is -0.920. The molecule has 1 amide bonds. The number of benzene rings is 1. The van der Waals surface area contributed by atoms with E-state index in [1.165, 1.54) is 0 Å². The Morgan fingerprint density at radius 2 is 1.83 bits per heavy atom. The molecule has 1 aliphatic rings. The maximum atomic E-state index is 12.3. The minimum atomic E-state index is -4.16. The zero-order valence-electron chi connectivity index (χ0n) is 14.5. The van der Waals surface area contributed by atoms with E-state index in [9.17, 15) is 13.2 Å². The van der Waals surface area contributed by atoms with Gasteiger partial charge in [-0.05, 0) is 52.3 Å². The molecule has 0 aliphatic carbocycles. The lowest BCUT2D eigenvalue weighted by Gasteiger charge is -2.26. The zero-order valence-corrected chi connectivity index (χ0v) is 15.3. The van der Waals surface area contributed by atoms with E-state index in [4.69, 9.17) is 13.7 Å². The number of nitrogens with zero attached hydrogens (tertiary/aromatic N) is 1. The lowest BCUT2D eigenvalue weighted by Crippen LogP contribution is -2.39. The highest BCUT2D eigenvalue weighted by molar-refractivity contribution is 7.85. The average Bonchev–Trinajstić information content (AvgIpc) is 2.72. The first kappa shape index (κ1) is 18.5. The summed E-state index contributed by atoms with van der Waals surface area (Å²) in [5, 5.41) is 0. The van der Waals surface area contributed by atoms with Crippen LogP contribution in [0.2, 0.25) is 0 Å². The number of rotatable bonds is 3. The first-order valence-electron chi connectivity index (χ1n) is 7.68. The van der Waals surface area contributed by atoms with Gasteiger partial charge in [-0.3, -0.25) is 4.18 Å². The summed E-state index contributed by atoms with van der Waals surface area (Å²) in [5.74, 6) is 0.666. The first-order chi connectivity index (χ1) is 11.0. The minimum absolute atomic E-state index is 0.0318. The summed E-state index contributed by atoms with van der Waals surface area (Å²) >= 11 is 0. The summed E-state index contributed by atoms with van der Waals surface area (Å²) in [4.78, 5) is 12.3. The fourth-order valence-electron chi connectivity index (χ4n) is 2.23. The van der Waals surface area contributed by atoms with Gasteiger partial charge in [0.05, 0.1) is 12.7 Å². The quantitative estimate of drug-likeness (QED) is 0.827. The van der Waals surface area contributed by atoms with Crippen molar-refractivity contribution in [3.05, 3.63) is 29.8 Å². The van der Waals surface area contributed by atoms with Crippen LogP contribution in [-0.4, -0.2) is 37.1 Å². The molecule has 1 aromatic carbocycles. The molecule has 1 saturated heterocycles. The molecule has 1 fully saturated rings. The predicted octanol–water partition coefficient (Wildman–Crippen LogP) is 3.03. The van der Waals surface area contributed by atoms with Crippen molar-refractivity contribution in [3.63, 3.8) is 0 Å². The molecule has 1 aromatic rings. The third-order valence-electron chi connectivity index (χ3n) is 3.11. The van der Waals surface area contributed by atoms with E-state index in [-0.39, 0.29) is 12.7 Å². The van der Waals surface area contributed by atoms with Gasteiger partial charge in [0.1, 0.15) is 17.4 Å². The smallest absolute Gasteiger partial charge is 0.426 e. The molecular weight excluding hydrogens is 334 g/mol. The van der Waals surface area contributed by atoms with Crippen LogP contribution >= 0.6 is 0 Å². The summed E-state index contributed by atoms with van der Waals surface area (Å²) in [5.41, 5.74) is -0.188. The molecule has 0 spiro atoms. The lowest BCUT2D eigenvalue weighted by molar-refractivity contribution is 0.0356. The lowest BCUT2D eigenvalue weighted by atomic mass is 10.1. The molecule has 0 saturated carbocycles. The molecule has 0 radical (unpaired) electrons. The van der Waals surface area contributed by atoms with Crippen LogP contribution in [0.3, 0.4) is 0 Å². The van der Waals surface area contributed by atoms with Crippen molar-refractivity contribution < 1.29 is 26.9 Å². The van der Waals surface area contributed by atoms with E-state index >= 15 is 0 Å². The SMILES string of the molecule is CC(C)Oc1ccc([C@H]2COS(=O)(=O)N2C(=O)OC(C)(C)C)cc1. The number of hydrogen-bond donors (Lipinski definition) is 0. The second kappa shape index (κ2) is 6.60. The largest absolute Gasteiger partial charge is 0.491 e. The maximum absolute atomic E-state index is 12.3. The van der Waals surface area contributed by atoms with Gasteiger partial charge < -0.3 is 9.47 Å². The van der Waals surface area contributed by atoms with Crippen LogP contribution in [0.4, 0.5) is 4.79 Å².